The van der Waals surface area contributed by atoms with Gasteiger partial charge in [0.2, 0.25) is 0 Å². The predicted octanol–water partition coefficient (Wildman–Crippen LogP) is 2.33. The van der Waals surface area contributed by atoms with E-state index in [0.717, 1.165) is 17.0 Å². The predicted molar refractivity (Wildman–Crippen MR) is 77.9 cm³/mol. The number of hydrogen-bond acceptors (Lipinski definition) is 4. The highest BCUT2D eigenvalue weighted by Crippen LogP contribution is 2.30. The maximum atomic E-state index is 12.5. The van der Waals surface area contributed by atoms with Gasteiger partial charge in [-0.15, -0.1) is 0 Å². The summed E-state index contributed by atoms with van der Waals surface area (Å²) in [6, 6.07) is 13.0. The summed E-state index contributed by atoms with van der Waals surface area (Å²) < 4.78 is 1.36. The lowest BCUT2D eigenvalue weighted by atomic mass is 10.1. The molecule has 0 N–H and O–H groups in total. The van der Waals surface area contributed by atoms with Gasteiger partial charge >= 0.3 is 0 Å². The standard InChI is InChI=1S/C16H12N4O/c1-10-14(13-8-4-5-9-17-13)15-18-12-7-3-2-6-11(12)16(21)20(15)19-10/h2-9,21H,1H3/p-1. The van der Waals surface area contributed by atoms with Gasteiger partial charge in [0.1, 0.15) is 0 Å². The first-order valence-corrected chi connectivity index (χ1v) is 6.62. The molecule has 4 aromatic rings. The van der Waals surface area contributed by atoms with E-state index in [2.05, 4.69) is 15.1 Å². The number of hydrogen-bond donors (Lipinski definition) is 0. The smallest absolute Gasteiger partial charge is 0.164 e. The van der Waals surface area contributed by atoms with Crippen molar-refractivity contribution in [1.29, 1.82) is 0 Å². The van der Waals surface area contributed by atoms with Crippen molar-refractivity contribution in [3.63, 3.8) is 0 Å². The zero-order chi connectivity index (χ0) is 14.4. The second-order valence-corrected chi connectivity index (χ2v) is 4.84. The van der Waals surface area contributed by atoms with Gasteiger partial charge in [-0.25, -0.2) is 9.50 Å². The number of nitrogens with zero attached hydrogens (tertiary/aromatic N) is 4. The molecule has 0 amide bonds. The molecule has 5 heteroatoms. The van der Waals surface area contributed by atoms with Crippen molar-refractivity contribution in [2.45, 2.75) is 6.92 Å². The Labute approximate surface area is 120 Å². The van der Waals surface area contributed by atoms with Crippen LogP contribution in [0.4, 0.5) is 0 Å². The fourth-order valence-corrected chi connectivity index (χ4v) is 2.55. The fourth-order valence-electron chi connectivity index (χ4n) is 2.55. The van der Waals surface area contributed by atoms with Gasteiger partial charge in [-0.1, -0.05) is 24.3 Å². The molecule has 0 saturated carbocycles. The van der Waals surface area contributed by atoms with E-state index in [-0.39, 0.29) is 5.88 Å². The molecular formula is C16H11N4O-. The number of aryl methyl sites for hydroxylation is 1. The van der Waals surface area contributed by atoms with Crippen LogP contribution in [0, 0.1) is 6.92 Å². The monoisotopic (exact) mass is 275 g/mol. The second kappa shape index (κ2) is 4.28. The van der Waals surface area contributed by atoms with Crippen molar-refractivity contribution in [3.8, 4) is 17.1 Å². The summed E-state index contributed by atoms with van der Waals surface area (Å²) in [7, 11) is 0. The maximum Gasteiger partial charge on any atom is 0.164 e. The van der Waals surface area contributed by atoms with Crippen molar-refractivity contribution in [1.82, 2.24) is 19.6 Å². The van der Waals surface area contributed by atoms with E-state index in [1.165, 1.54) is 4.52 Å². The molecule has 0 aliphatic heterocycles. The highest BCUT2D eigenvalue weighted by Gasteiger charge is 2.15. The summed E-state index contributed by atoms with van der Waals surface area (Å²) in [5.41, 5.74) is 3.54. The van der Waals surface area contributed by atoms with E-state index in [1.807, 2.05) is 43.3 Å². The Morgan fingerprint density at radius 3 is 2.67 bits per heavy atom. The van der Waals surface area contributed by atoms with Crippen molar-refractivity contribution >= 4 is 16.6 Å². The lowest BCUT2D eigenvalue weighted by Gasteiger charge is -2.12. The van der Waals surface area contributed by atoms with Gasteiger partial charge in [0.25, 0.3) is 0 Å². The Hall–Kier alpha value is -2.95. The molecule has 0 unspecified atom stereocenters. The first-order chi connectivity index (χ1) is 10.3. The molecule has 0 spiro atoms. The van der Waals surface area contributed by atoms with Crippen molar-refractivity contribution in [3.05, 3.63) is 54.4 Å². The van der Waals surface area contributed by atoms with Crippen LogP contribution in [-0.4, -0.2) is 19.6 Å². The molecule has 5 nitrogen and oxygen atoms in total. The molecule has 0 atom stereocenters. The third-order valence-corrected chi connectivity index (χ3v) is 3.51. The normalized spacial score (nSPS) is 11.3. The van der Waals surface area contributed by atoms with Crippen LogP contribution in [0.15, 0.2) is 48.7 Å². The number of rotatable bonds is 1. The summed E-state index contributed by atoms with van der Waals surface area (Å²) in [4.78, 5) is 8.94. The number of aromatic nitrogens is 4. The molecule has 21 heavy (non-hydrogen) atoms. The number of para-hydroxylation sites is 1. The molecule has 102 valence electrons. The Balaban J connectivity index is 2.16. The van der Waals surface area contributed by atoms with E-state index >= 15 is 0 Å². The van der Waals surface area contributed by atoms with Crippen molar-refractivity contribution < 1.29 is 5.11 Å². The minimum atomic E-state index is -0.152. The lowest BCUT2D eigenvalue weighted by Crippen LogP contribution is -2.03. The zero-order valence-corrected chi connectivity index (χ0v) is 11.3. The minimum absolute atomic E-state index is 0.152. The van der Waals surface area contributed by atoms with Crippen LogP contribution in [0.2, 0.25) is 0 Å². The fraction of sp³-hybridized carbons (Fsp3) is 0.0625. The van der Waals surface area contributed by atoms with E-state index < -0.39 is 0 Å². The van der Waals surface area contributed by atoms with Crippen LogP contribution in [-0.2, 0) is 0 Å². The quantitative estimate of drug-likeness (QED) is 0.534. The van der Waals surface area contributed by atoms with Crippen LogP contribution in [0.1, 0.15) is 5.69 Å². The third-order valence-electron chi connectivity index (χ3n) is 3.51. The Bertz CT molecular complexity index is 960. The summed E-state index contributed by atoms with van der Waals surface area (Å²) in [6.07, 6.45) is 1.72. The Kier molecular flexibility index (Phi) is 2.41. The van der Waals surface area contributed by atoms with Gasteiger partial charge in [0.15, 0.2) is 5.65 Å². The van der Waals surface area contributed by atoms with E-state index in [9.17, 15) is 5.11 Å². The lowest BCUT2D eigenvalue weighted by molar-refractivity contribution is -0.274. The Morgan fingerprint density at radius 2 is 1.86 bits per heavy atom. The van der Waals surface area contributed by atoms with Crippen LogP contribution in [0.5, 0.6) is 5.88 Å². The molecule has 1 aromatic carbocycles. The molecule has 0 radical (unpaired) electrons. The highest BCUT2D eigenvalue weighted by atomic mass is 16.3. The molecule has 0 aliphatic rings. The number of fused-ring (bicyclic) bond motifs is 2. The summed E-state index contributed by atoms with van der Waals surface area (Å²) in [5, 5.41) is 17.4. The minimum Gasteiger partial charge on any atom is -0.858 e. The van der Waals surface area contributed by atoms with E-state index in [1.54, 1.807) is 12.3 Å². The van der Waals surface area contributed by atoms with Gasteiger partial charge in [0.05, 0.1) is 22.5 Å². The highest BCUT2D eigenvalue weighted by molar-refractivity contribution is 5.88. The number of pyridine rings is 1. The molecule has 3 aromatic heterocycles. The van der Waals surface area contributed by atoms with Gasteiger partial charge < -0.3 is 5.11 Å². The SMILES string of the molecule is Cc1nn2c([O-])c3ccccc3nc2c1-c1ccccn1. The third kappa shape index (κ3) is 1.67. The molecule has 3 heterocycles. The maximum absolute atomic E-state index is 12.5. The van der Waals surface area contributed by atoms with E-state index in [4.69, 9.17) is 0 Å². The topological polar surface area (TPSA) is 66.1 Å². The van der Waals surface area contributed by atoms with Crippen molar-refractivity contribution in [2.75, 3.05) is 0 Å². The molecule has 4 rings (SSSR count). The second-order valence-electron chi connectivity index (χ2n) is 4.84. The number of benzene rings is 1. The summed E-state index contributed by atoms with van der Waals surface area (Å²) >= 11 is 0. The largest absolute Gasteiger partial charge is 0.858 e. The van der Waals surface area contributed by atoms with Gasteiger partial charge in [-0.05, 0) is 25.1 Å². The average molecular weight is 275 g/mol. The zero-order valence-electron chi connectivity index (χ0n) is 11.3. The molecule has 0 fully saturated rings. The molecular weight excluding hydrogens is 264 g/mol. The first-order valence-electron chi connectivity index (χ1n) is 6.62. The first kappa shape index (κ1) is 11.8. The van der Waals surface area contributed by atoms with Gasteiger partial charge in [-0.2, -0.15) is 5.10 Å². The summed E-state index contributed by atoms with van der Waals surface area (Å²) in [5.74, 6) is -0.152. The van der Waals surface area contributed by atoms with Crippen LogP contribution in [0.25, 0.3) is 27.8 Å². The summed E-state index contributed by atoms with van der Waals surface area (Å²) in [6.45, 7) is 1.86. The van der Waals surface area contributed by atoms with Crippen molar-refractivity contribution in [2.24, 2.45) is 0 Å². The van der Waals surface area contributed by atoms with Gasteiger partial charge in [-0.3, -0.25) is 4.98 Å². The van der Waals surface area contributed by atoms with E-state index in [0.29, 0.717) is 16.6 Å². The molecule has 0 aliphatic carbocycles. The average Bonchev–Trinajstić information content (AvgIpc) is 2.85. The molecule has 0 bridgehead atoms. The van der Waals surface area contributed by atoms with Gasteiger partial charge in [0, 0.05) is 17.5 Å². The van der Waals surface area contributed by atoms with Crippen LogP contribution >= 0.6 is 0 Å². The van der Waals surface area contributed by atoms with Crippen LogP contribution in [0.3, 0.4) is 0 Å². The van der Waals surface area contributed by atoms with Crippen LogP contribution < -0.4 is 5.11 Å². The Morgan fingerprint density at radius 1 is 1.05 bits per heavy atom. The molecule has 0 saturated heterocycles.